The van der Waals surface area contributed by atoms with Crippen LogP contribution in [0.5, 0.6) is 0 Å². The highest BCUT2D eigenvalue weighted by atomic mass is 14.3. The summed E-state index contributed by atoms with van der Waals surface area (Å²) in [5.74, 6) is 1.58. The molecule has 1 atom stereocenters. The highest BCUT2D eigenvalue weighted by Crippen LogP contribution is 2.41. The van der Waals surface area contributed by atoms with Crippen LogP contribution in [0.25, 0.3) is 0 Å². The molecular formula is C10H18. The van der Waals surface area contributed by atoms with Gasteiger partial charge in [-0.15, -0.1) is 0 Å². The minimum Gasteiger partial charge on any atom is -0.0588 e. The van der Waals surface area contributed by atoms with E-state index in [2.05, 4.69) is 27.2 Å². The van der Waals surface area contributed by atoms with Gasteiger partial charge >= 0.3 is 0 Å². The van der Waals surface area contributed by atoms with Gasteiger partial charge in [-0.1, -0.05) is 33.6 Å². The molecule has 1 saturated carbocycles. The van der Waals surface area contributed by atoms with Crippen molar-refractivity contribution in [1.82, 2.24) is 0 Å². The lowest BCUT2D eigenvalue weighted by molar-refractivity contribution is 0.314. The first-order chi connectivity index (χ1) is 4.65. The van der Waals surface area contributed by atoms with Crippen molar-refractivity contribution in [3.8, 4) is 0 Å². The third-order valence-corrected chi connectivity index (χ3v) is 2.89. The van der Waals surface area contributed by atoms with Crippen LogP contribution in [0.15, 0.2) is 0 Å². The van der Waals surface area contributed by atoms with Gasteiger partial charge in [0.25, 0.3) is 0 Å². The standard InChI is InChI=1S/C10H18/c1-9(2)10(3)7-5-4-6-8-10/h7H,4-6,8H2,1-3H3. The van der Waals surface area contributed by atoms with Crippen LogP contribution in [-0.2, 0) is 0 Å². The Labute approximate surface area is 65.0 Å². The summed E-state index contributed by atoms with van der Waals surface area (Å²) < 4.78 is 0. The highest BCUT2D eigenvalue weighted by Gasteiger charge is 2.30. The van der Waals surface area contributed by atoms with Crippen molar-refractivity contribution in [2.45, 2.75) is 46.5 Å². The Kier molecular flexibility index (Phi) is 2.38. The molecule has 0 saturated heterocycles. The molecule has 58 valence electrons. The fraction of sp³-hybridized carbons (Fsp3) is 0.800. The Hall–Kier alpha value is 0. The smallest absolute Gasteiger partial charge is 0.0238 e. The zero-order chi connectivity index (χ0) is 7.61. The lowest BCUT2D eigenvalue weighted by Gasteiger charge is -2.36. The van der Waals surface area contributed by atoms with Gasteiger partial charge < -0.3 is 0 Å². The second-order valence-corrected chi connectivity index (χ2v) is 3.87. The topological polar surface area (TPSA) is 0 Å². The molecule has 1 rings (SSSR count). The summed E-state index contributed by atoms with van der Waals surface area (Å²) in [4.78, 5) is 0. The van der Waals surface area contributed by atoms with Crippen molar-refractivity contribution in [3.63, 3.8) is 0 Å². The maximum Gasteiger partial charge on any atom is -0.0238 e. The van der Waals surface area contributed by atoms with Crippen LogP contribution >= 0.6 is 0 Å². The SMILES string of the molecule is C[C](C)C1(C)[CH]CCCC1. The summed E-state index contributed by atoms with van der Waals surface area (Å²) in [5, 5.41) is 0. The zero-order valence-corrected chi connectivity index (χ0v) is 7.41. The van der Waals surface area contributed by atoms with E-state index < -0.39 is 0 Å². The number of hydrogen-bond donors (Lipinski definition) is 0. The molecule has 0 spiro atoms. The van der Waals surface area contributed by atoms with Gasteiger partial charge in [-0.25, -0.2) is 0 Å². The van der Waals surface area contributed by atoms with Gasteiger partial charge in [0.05, 0.1) is 0 Å². The van der Waals surface area contributed by atoms with Crippen LogP contribution < -0.4 is 0 Å². The van der Waals surface area contributed by atoms with E-state index in [1.165, 1.54) is 25.7 Å². The largest absolute Gasteiger partial charge is 0.0588 e. The van der Waals surface area contributed by atoms with Crippen molar-refractivity contribution < 1.29 is 0 Å². The average Bonchev–Trinajstić information content (AvgIpc) is 1.89. The van der Waals surface area contributed by atoms with Crippen molar-refractivity contribution in [3.05, 3.63) is 12.3 Å². The molecule has 1 unspecified atom stereocenters. The molecule has 1 aliphatic carbocycles. The van der Waals surface area contributed by atoms with Crippen molar-refractivity contribution in [2.24, 2.45) is 5.41 Å². The van der Waals surface area contributed by atoms with E-state index in [0.29, 0.717) is 5.41 Å². The van der Waals surface area contributed by atoms with Gasteiger partial charge in [0, 0.05) is 0 Å². The van der Waals surface area contributed by atoms with Crippen molar-refractivity contribution in [2.75, 3.05) is 0 Å². The Balaban J connectivity index is 2.48. The Morgan fingerprint density at radius 3 is 2.30 bits per heavy atom. The highest BCUT2D eigenvalue weighted by molar-refractivity contribution is 5.07. The van der Waals surface area contributed by atoms with E-state index in [-0.39, 0.29) is 0 Å². The molecule has 2 radical (unpaired) electrons. The molecule has 0 aromatic carbocycles. The molecule has 0 aliphatic heterocycles. The minimum atomic E-state index is 0.470. The predicted octanol–water partition coefficient (Wildman–Crippen LogP) is 3.39. The third kappa shape index (κ3) is 1.53. The summed E-state index contributed by atoms with van der Waals surface area (Å²) >= 11 is 0. The molecule has 10 heavy (non-hydrogen) atoms. The molecule has 1 fully saturated rings. The Bertz CT molecular complexity index is 96.6. The summed E-state index contributed by atoms with van der Waals surface area (Å²) in [6.45, 7) is 6.87. The second kappa shape index (κ2) is 2.94. The molecular weight excluding hydrogens is 120 g/mol. The molecule has 0 heterocycles. The first-order valence-electron chi connectivity index (χ1n) is 4.30. The van der Waals surface area contributed by atoms with E-state index in [1.807, 2.05) is 0 Å². The van der Waals surface area contributed by atoms with Gasteiger partial charge in [0.2, 0.25) is 0 Å². The lowest BCUT2D eigenvalue weighted by atomic mass is 9.69. The van der Waals surface area contributed by atoms with Crippen molar-refractivity contribution in [1.29, 1.82) is 0 Å². The lowest BCUT2D eigenvalue weighted by Crippen LogP contribution is -2.25. The van der Waals surface area contributed by atoms with Crippen LogP contribution in [0, 0.1) is 17.8 Å². The number of hydrogen-bond acceptors (Lipinski definition) is 0. The van der Waals surface area contributed by atoms with E-state index in [1.54, 1.807) is 5.92 Å². The summed E-state index contributed by atoms with van der Waals surface area (Å²) in [6, 6.07) is 0. The molecule has 0 heteroatoms. The van der Waals surface area contributed by atoms with Crippen LogP contribution in [0.4, 0.5) is 0 Å². The Morgan fingerprint density at radius 1 is 1.30 bits per heavy atom. The van der Waals surface area contributed by atoms with E-state index in [4.69, 9.17) is 0 Å². The maximum absolute atomic E-state index is 2.49. The van der Waals surface area contributed by atoms with E-state index in [0.717, 1.165) is 0 Å². The molecule has 0 aromatic heterocycles. The monoisotopic (exact) mass is 138 g/mol. The molecule has 0 N–H and O–H groups in total. The van der Waals surface area contributed by atoms with Crippen LogP contribution in [0.1, 0.15) is 46.5 Å². The Morgan fingerprint density at radius 2 is 2.00 bits per heavy atom. The predicted molar refractivity (Wildman–Crippen MR) is 45.5 cm³/mol. The van der Waals surface area contributed by atoms with Crippen LogP contribution in [-0.4, -0.2) is 0 Å². The number of rotatable bonds is 1. The fourth-order valence-electron chi connectivity index (χ4n) is 1.61. The second-order valence-electron chi connectivity index (χ2n) is 3.87. The molecule has 0 bridgehead atoms. The average molecular weight is 138 g/mol. The molecule has 0 aromatic rings. The quantitative estimate of drug-likeness (QED) is 0.521. The minimum absolute atomic E-state index is 0.470. The van der Waals surface area contributed by atoms with E-state index >= 15 is 0 Å². The molecule has 0 nitrogen and oxygen atoms in total. The van der Waals surface area contributed by atoms with Gasteiger partial charge in [0.15, 0.2) is 0 Å². The molecule has 0 amide bonds. The van der Waals surface area contributed by atoms with Gasteiger partial charge in [-0.05, 0) is 30.6 Å². The summed E-state index contributed by atoms with van der Waals surface area (Å²) in [7, 11) is 0. The van der Waals surface area contributed by atoms with Gasteiger partial charge in [-0.2, -0.15) is 0 Å². The van der Waals surface area contributed by atoms with Gasteiger partial charge in [0.1, 0.15) is 0 Å². The summed E-state index contributed by atoms with van der Waals surface area (Å²) in [5.41, 5.74) is 0.470. The normalized spacial score (nSPS) is 25.2. The van der Waals surface area contributed by atoms with Crippen LogP contribution in [0.2, 0.25) is 0 Å². The third-order valence-electron chi connectivity index (χ3n) is 2.89. The summed E-state index contributed by atoms with van der Waals surface area (Å²) in [6.07, 6.45) is 8.00. The van der Waals surface area contributed by atoms with Crippen molar-refractivity contribution >= 4 is 0 Å². The zero-order valence-electron chi connectivity index (χ0n) is 7.41. The first-order valence-corrected chi connectivity index (χ1v) is 4.30. The molecule has 1 aliphatic rings. The van der Waals surface area contributed by atoms with Gasteiger partial charge in [-0.3, -0.25) is 0 Å². The maximum atomic E-state index is 2.49. The van der Waals surface area contributed by atoms with E-state index in [9.17, 15) is 0 Å². The first kappa shape index (κ1) is 8.10. The van der Waals surface area contributed by atoms with Crippen LogP contribution in [0.3, 0.4) is 0 Å². The fourth-order valence-corrected chi connectivity index (χ4v) is 1.61.